The third kappa shape index (κ3) is 5.46. The second kappa shape index (κ2) is 12.5. The summed E-state index contributed by atoms with van der Waals surface area (Å²) < 4.78 is 4.78. The lowest BCUT2D eigenvalue weighted by atomic mass is 9.87. The summed E-state index contributed by atoms with van der Waals surface area (Å²) in [5.41, 5.74) is 20.5. The summed E-state index contributed by atoms with van der Waals surface area (Å²) in [7, 11) is 0. The molecule has 252 valence electrons. The minimum absolute atomic E-state index is 0.113. The summed E-state index contributed by atoms with van der Waals surface area (Å²) in [5, 5.41) is 5.02. The van der Waals surface area contributed by atoms with Gasteiger partial charge in [0, 0.05) is 38.6 Å². The van der Waals surface area contributed by atoms with E-state index in [9.17, 15) is 0 Å². The van der Waals surface area contributed by atoms with Gasteiger partial charge >= 0.3 is 0 Å². The molecule has 0 aliphatic heterocycles. The highest BCUT2D eigenvalue weighted by Gasteiger charge is 2.17. The van der Waals surface area contributed by atoms with Crippen molar-refractivity contribution in [2.75, 3.05) is 0 Å². The Kier molecular flexibility index (Phi) is 7.59. The van der Waals surface area contributed by atoms with Gasteiger partial charge in [-0.3, -0.25) is 0 Å². The van der Waals surface area contributed by atoms with Crippen molar-refractivity contribution in [2.45, 2.75) is 32.6 Å². The van der Waals surface area contributed by atoms with Gasteiger partial charge in [-0.25, -0.2) is 0 Å². The van der Waals surface area contributed by atoms with Gasteiger partial charge in [0.1, 0.15) is 0 Å². The molecule has 3 heteroatoms. The van der Waals surface area contributed by atoms with Crippen LogP contribution < -0.4 is 5.73 Å². The molecule has 0 saturated heterocycles. The molecule has 0 unspecified atom stereocenters. The Morgan fingerprint density at radius 1 is 0.500 bits per heavy atom. The second-order valence-corrected chi connectivity index (χ2v) is 14.9. The second-order valence-electron chi connectivity index (χ2n) is 14.9. The molecule has 9 rings (SSSR count). The Morgan fingerprint density at radius 2 is 0.962 bits per heavy atom. The van der Waals surface area contributed by atoms with Gasteiger partial charge in [0.2, 0.25) is 0 Å². The third-order valence-corrected chi connectivity index (χ3v) is 10.5. The maximum atomic E-state index is 6.38. The topological polar surface area (TPSA) is 35.9 Å². The lowest BCUT2D eigenvalue weighted by molar-refractivity contribution is 0.590. The number of benzene rings is 7. The van der Waals surface area contributed by atoms with Crippen LogP contribution in [0, 0.1) is 0 Å². The third-order valence-electron chi connectivity index (χ3n) is 10.5. The first-order valence-corrected chi connectivity index (χ1v) is 18.1. The fourth-order valence-electron chi connectivity index (χ4n) is 7.73. The Bertz CT molecular complexity index is 2770. The van der Waals surface area contributed by atoms with E-state index in [1.165, 1.54) is 71.6 Å². The average molecular weight is 672 g/mol. The van der Waals surface area contributed by atoms with Gasteiger partial charge in [-0.15, -0.1) is 0 Å². The number of nitrogens with zero attached hydrogens (tertiary/aromatic N) is 2. The number of hydrogen-bond donors (Lipinski definition) is 1. The van der Waals surface area contributed by atoms with E-state index in [1.54, 1.807) is 0 Å². The molecule has 0 fully saturated rings. The summed E-state index contributed by atoms with van der Waals surface area (Å²) >= 11 is 0. The minimum Gasteiger partial charge on any atom is -0.398 e. The predicted molar refractivity (Wildman–Crippen MR) is 222 cm³/mol. The van der Waals surface area contributed by atoms with Crippen LogP contribution in [0.15, 0.2) is 170 Å². The van der Waals surface area contributed by atoms with Crippen LogP contribution in [-0.2, 0) is 11.8 Å². The molecule has 0 bridgehead atoms. The van der Waals surface area contributed by atoms with Gasteiger partial charge in [-0.1, -0.05) is 130 Å². The van der Waals surface area contributed by atoms with Crippen LogP contribution in [0.4, 0.5) is 0 Å². The minimum atomic E-state index is 0.113. The van der Waals surface area contributed by atoms with Crippen molar-refractivity contribution in [1.82, 2.24) is 9.13 Å². The van der Waals surface area contributed by atoms with Crippen LogP contribution in [0.3, 0.4) is 0 Å². The van der Waals surface area contributed by atoms with Crippen molar-refractivity contribution in [3.8, 4) is 22.5 Å². The fourth-order valence-corrected chi connectivity index (χ4v) is 7.73. The standard InChI is InChI=1S/C49H41N3/c1-49(2,3)37-22-26-39(27-23-37)52-46-16-10-8-14-41(46)43-32-36(21-30-48(43)52)35-20-29-47-42(31-35)40-13-7-9-15-45(40)51(47)38-24-17-33(18-25-38)19-28-44(50)34-11-5-4-6-12-34/h4-18,20-32H,19,50H2,1-3H3/b44-28-. The molecule has 9 aromatic rings. The fraction of sp³-hybridized carbons (Fsp3) is 0.102. The van der Waals surface area contributed by atoms with Gasteiger partial charge in [0.15, 0.2) is 0 Å². The predicted octanol–water partition coefficient (Wildman–Crippen LogP) is 12.4. The first-order valence-electron chi connectivity index (χ1n) is 18.1. The zero-order chi connectivity index (χ0) is 35.4. The number of aromatic nitrogens is 2. The monoisotopic (exact) mass is 671 g/mol. The molecule has 7 aromatic carbocycles. The van der Waals surface area contributed by atoms with E-state index in [4.69, 9.17) is 5.73 Å². The summed E-state index contributed by atoms with van der Waals surface area (Å²) in [5.74, 6) is 0. The van der Waals surface area contributed by atoms with Gasteiger partial charge in [-0.2, -0.15) is 0 Å². The first-order chi connectivity index (χ1) is 25.3. The summed E-state index contributed by atoms with van der Waals surface area (Å²) in [6.07, 6.45) is 2.88. The number of hydrogen-bond acceptors (Lipinski definition) is 1. The average Bonchev–Trinajstić information content (AvgIpc) is 3.69. The van der Waals surface area contributed by atoms with Crippen LogP contribution in [0.1, 0.15) is 37.5 Å². The van der Waals surface area contributed by atoms with Crippen molar-refractivity contribution in [3.63, 3.8) is 0 Å². The number of para-hydroxylation sites is 2. The Labute approximate surface area is 304 Å². The van der Waals surface area contributed by atoms with E-state index in [0.717, 1.165) is 23.4 Å². The van der Waals surface area contributed by atoms with Crippen molar-refractivity contribution in [2.24, 2.45) is 5.73 Å². The maximum Gasteiger partial charge on any atom is 0.0541 e. The molecule has 0 saturated carbocycles. The van der Waals surface area contributed by atoms with Gasteiger partial charge < -0.3 is 14.9 Å². The van der Waals surface area contributed by atoms with E-state index in [1.807, 2.05) is 30.3 Å². The molecule has 2 heterocycles. The van der Waals surface area contributed by atoms with E-state index in [2.05, 4.69) is 169 Å². The first kappa shape index (κ1) is 31.6. The van der Waals surface area contributed by atoms with Crippen LogP contribution in [0.2, 0.25) is 0 Å². The lowest BCUT2D eigenvalue weighted by Gasteiger charge is -2.19. The summed E-state index contributed by atoms with van der Waals surface area (Å²) in [4.78, 5) is 0. The SMILES string of the molecule is CC(C)(C)c1ccc(-n2c3ccccc3c3cc(-c4ccc5c(c4)c4ccccc4n5-c4ccc(C/C=C(\N)c5ccccc5)cc4)ccc32)cc1. The quantitative estimate of drug-likeness (QED) is 0.188. The Morgan fingerprint density at radius 3 is 1.48 bits per heavy atom. The van der Waals surface area contributed by atoms with Crippen LogP contribution in [0.5, 0.6) is 0 Å². The van der Waals surface area contributed by atoms with Crippen molar-refractivity contribution in [3.05, 3.63) is 187 Å². The van der Waals surface area contributed by atoms with Crippen LogP contribution in [-0.4, -0.2) is 9.13 Å². The number of fused-ring (bicyclic) bond motifs is 6. The van der Waals surface area contributed by atoms with Crippen LogP contribution >= 0.6 is 0 Å². The van der Waals surface area contributed by atoms with Gasteiger partial charge in [0.25, 0.3) is 0 Å². The zero-order valence-electron chi connectivity index (χ0n) is 29.8. The van der Waals surface area contributed by atoms with Crippen LogP contribution in [0.25, 0.3) is 71.8 Å². The number of allylic oxidation sites excluding steroid dienone is 1. The largest absolute Gasteiger partial charge is 0.398 e. The van der Waals surface area contributed by atoms with Crippen molar-refractivity contribution >= 4 is 49.3 Å². The molecule has 2 aromatic heterocycles. The maximum absolute atomic E-state index is 6.38. The normalized spacial score (nSPS) is 12.4. The summed E-state index contributed by atoms with van der Waals surface area (Å²) in [6.45, 7) is 6.79. The highest BCUT2D eigenvalue weighted by atomic mass is 15.0. The molecule has 52 heavy (non-hydrogen) atoms. The van der Waals surface area contributed by atoms with Crippen molar-refractivity contribution < 1.29 is 0 Å². The molecule has 3 nitrogen and oxygen atoms in total. The highest BCUT2D eigenvalue weighted by molar-refractivity contribution is 6.12. The molecule has 0 aliphatic carbocycles. The van der Waals surface area contributed by atoms with E-state index >= 15 is 0 Å². The van der Waals surface area contributed by atoms with Gasteiger partial charge in [-0.05, 0) is 100 Å². The molecular formula is C49H41N3. The molecule has 0 radical (unpaired) electrons. The Balaban J connectivity index is 1.10. The zero-order valence-corrected chi connectivity index (χ0v) is 29.8. The van der Waals surface area contributed by atoms with Crippen molar-refractivity contribution in [1.29, 1.82) is 0 Å². The molecule has 0 aliphatic rings. The smallest absolute Gasteiger partial charge is 0.0541 e. The lowest BCUT2D eigenvalue weighted by Crippen LogP contribution is -2.10. The number of rotatable bonds is 6. The van der Waals surface area contributed by atoms with E-state index in [0.29, 0.717) is 0 Å². The Hall–Kier alpha value is -6.32. The molecule has 0 atom stereocenters. The molecule has 0 amide bonds. The summed E-state index contributed by atoms with van der Waals surface area (Å²) in [6, 6.07) is 59.4. The van der Waals surface area contributed by atoms with E-state index < -0.39 is 0 Å². The molecule has 0 spiro atoms. The molecular weight excluding hydrogens is 631 g/mol. The van der Waals surface area contributed by atoms with Gasteiger partial charge in [0.05, 0.1) is 22.1 Å². The highest BCUT2D eigenvalue weighted by Crippen LogP contribution is 2.38. The molecule has 2 N–H and O–H groups in total. The van der Waals surface area contributed by atoms with E-state index in [-0.39, 0.29) is 5.41 Å². The number of nitrogens with two attached hydrogens (primary N) is 1.